The molecule has 0 aromatic heterocycles. The van der Waals surface area contributed by atoms with E-state index >= 15 is 0 Å². The van der Waals surface area contributed by atoms with Crippen LogP contribution >= 0.6 is 0 Å². The van der Waals surface area contributed by atoms with E-state index in [0.717, 1.165) is 25.7 Å². The zero-order chi connectivity index (χ0) is 19.8. The van der Waals surface area contributed by atoms with Gasteiger partial charge in [0.15, 0.2) is 0 Å². The van der Waals surface area contributed by atoms with Crippen LogP contribution in [0.1, 0.15) is 59.8 Å². The summed E-state index contributed by atoms with van der Waals surface area (Å²) < 4.78 is 17.2. The molecule has 2 saturated heterocycles. The molecule has 3 rings (SSSR count). The zero-order valence-electron chi connectivity index (χ0n) is 16.7. The van der Waals surface area contributed by atoms with Gasteiger partial charge >= 0.3 is 11.9 Å². The average molecular weight is 374 g/mol. The van der Waals surface area contributed by atoms with Crippen LogP contribution < -0.4 is 0 Å². The number of rotatable bonds is 1. The first-order chi connectivity index (χ1) is 12.7. The van der Waals surface area contributed by atoms with Gasteiger partial charge in [0, 0.05) is 18.4 Å². The SMILES string of the molecule is C=C1C(=O)O[C@H]2C=C(C)CCC=C(C)CC[C@@H]3O[C@@]3(C)[C@@H](OC(C)=O)C[C@@H]12. The van der Waals surface area contributed by atoms with E-state index in [2.05, 4.69) is 26.5 Å². The largest absolute Gasteiger partial charge is 0.459 e. The molecule has 0 saturated carbocycles. The highest BCUT2D eigenvalue weighted by atomic mass is 16.6. The summed E-state index contributed by atoms with van der Waals surface area (Å²) in [4.78, 5) is 23.8. The molecule has 5 nitrogen and oxygen atoms in total. The van der Waals surface area contributed by atoms with Gasteiger partial charge in [-0.2, -0.15) is 0 Å². The van der Waals surface area contributed by atoms with Crippen LogP contribution in [0.25, 0.3) is 0 Å². The van der Waals surface area contributed by atoms with Gasteiger partial charge in [-0.25, -0.2) is 4.79 Å². The van der Waals surface area contributed by atoms with E-state index in [4.69, 9.17) is 14.2 Å². The van der Waals surface area contributed by atoms with Crippen LogP contribution in [0.2, 0.25) is 0 Å². The molecular weight excluding hydrogens is 344 g/mol. The molecule has 0 N–H and O–H groups in total. The topological polar surface area (TPSA) is 65.1 Å². The van der Waals surface area contributed by atoms with Crippen LogP contribution in [-0.4, -0.2) is 35.9 Å². The van der Waals surface area contributed by atoms with Gasteiger partial charge in [-0.05, 0) is 59.0 Å². The first-order valence-electron chi connectivity index (χ1n) is 9.78. The maximum atomic E-state index is 12.1. The fourth-order valence-corrected chi connectivity index (χ4v) is 4.16. The summed E-state index contributed by atoms with van der Waals surface area (Å²) in [5, 5.41) is 0. The van der Waals surface area contributed by atoms with Crippen molar-refractivity contribution in [2.45, 2.75) is 83.7 Å². The van der Waals surface area contributed by atoms with Crippen molar-refractivity contribution in [3.8, 4) is 0 Å². The van der Waals surface area contributed by atoms with Crippen LogP contribution in [-0.2, 0) is 23.8 Å². The Morgan fingerprint density at radius 2 is 2.04 bits per heavy atom. The van der Waals surface area contributed by atoms with Gasteiger partial charge in [0.1, 0.15) is 17.8 Å². The molecule has 0 spiro atoms. The van der Waals surface area contributed by atoms with Gasteiger partial charge < -0.3 is 14.2 Å². The van der Waals surface area contributed by atoms with Crippen LogP contribution in [0.3, 0.4) is 0 Å². The van der Waals surface area contributed by atoms with Gasteiger partial charge in [0.05, 0.1) is 6.10 Å². The molecule has 0 bridgehead atoms. The standard InChI is InChI=1S/C22H30O5/c1-13-7-6-8-14(2)11-18-17(15(3)21(24)26-18)12-20(25-16(4)23)22(5)19(27-22)10-9-13/h7,11,17-20H,3,6,8-10,12H2,1-2,4-5H3/t17-,18-,19-,20-,22+/m0/s1. The van der Waals surface area contributed by atoms with Crippen LogP contribution in [0.4, 0.5) is 0 Å². The van der Waals surface area contributed by atoms with E-state index in [1.54, 1.807) is 0 Å². The Morgan fingerprint density at radius 3 is 2.74 bits per heavy atom. The molecule has 5 heteroatoms. The predicted octanol–water partition coefficient (Wildman–Crippen LogP) is 4.03. The highest BCUT2D eigenvalue weighted by molar-refractivity contribution is 5.91. The van der Waals surface area contributed by atoms with Crippen molar-refractivity contribution in [3.63, 3.8) is 0 Å². The lowest BCUT2D eigenvalue weighted by Gasteiger charge is -2.26. The number of carbonyl (C=O) groups is 2. The Balaban J connectivity index is 1.91. The van der Waals surface area contributed by atoms with Gasteiger partial charge in [0.25, 0.3) is 0 Å². The monoisotopic (exact) mass is 374 g/mol. The number of fused-ring (bicyclic) bond motifs is 2. The van der Waals surface area contributed by atoms with Crippen LogP contribution in [0.15, 0.2) is 35.5 Å². The molecule has 148 valence electrons. The number of ether oxygens (including phenoxy) is 3. The molecule has 2 heterocycles. The number of epoxide rings is 1. The third-order valence-electron chi connectivity index (χ3n) is 6.02. The van der Waals surface area contributed by atoms with E-state index in [1.807, 2.05) is 13.0 Å². The van der Waals surface area contributed by atoms with Crippen molar-refractivity contribution in [3.05, 3.63) is 35.5 Å². The lowest BCUT2D eigenvalue weighted by molar-refractivity contribution is -0.151. The van der Waals surface area contributed by atoms with E-state index in [0.29, 0.717) is 12.0 Å². The fraction of sp³-hybridized carbons (Fsp3) is 0.636. The maximum absolute atomic E-state index is 12.1. The van der Waals surface area contributed by atoms with Crippen LogP contribution in [0, 0.1) is 5.92 Å². The molecule has 2 fully saturated rings. The lowest BCUT2D eigenvalue weighted by Crippen LogP contribution is -2.37. The van der Waals surface area contributed by atoms with Gasteiger partial charge in [-0.1, -0.05) is 23.8 Å². The normalized spacial score (nSPS) is 37.2. The molecule has 0 radical (unpaired) electrons. The maximum Gasteiger partial charge on any atom is 0.334 e. The Morgan fingerprint density at radius 1 is 1.30 bits per heavy atom. The number of hydrogen-bond donors (Lipinski definition) is 0. The molecule has 0 aromatic carbocycles. The second-order valence-corrected chi connectivity index (χ2v) is 8.27. The number of carbonyl (C=O) groups excluding carboxylic acids is 2. The minimum absolute atomic E-state index is 0.0511. The third-order valence-corrected chi connectivity index (χ3v) is 6.02. The van der Waals surface area contributed by atoms with Crippen molar-refractivity contribution >= 4 is 11.9 Å². The Labute approximate surface area is 161 Å². The number of hydrogen-bond acceptors (Lipinski definition) is 5. The van der Waals surface area contributed by atoms with Crippen molar-refractivity contribution in [1.29, 1.82) is 0 Å². The fourth-order valence-electron chi connectivity index (χ4n) is 4.16. The van der Waals surface area contributed by atoms with E-state index in [1.165, 1.54) is 18.1 Å². The lowest BCUT2D eigenvalue weighted by atomic mass is 9.84. The summed E-state index contributed by atoms with van der Waals surface area (Å²) >= 11 is 0. The van der Waals surface area contributed by atoms with Crippen molar-refractivity contribution in [2.75, 3.05) is 0 Å². The third kappa shape index (κ3) is 4.34. The molecule has 2 aliphatic heterocycles. The van der Waals surface area contributed by atoms with Gasteiger partial charge in [0.2, 0.25) is 0 Å². The minimum Gasteiger partial charge on any atom is -0.459 e. The average Bonchev–Trinajstić information content (AvgIpc) is 3.18. The molecule has 0 aromatic rings. The van der Waals surface area contributed by atoms with Crippen molar-refractivity contribution in [1.82, 2.24) is 0 Å². The second-order valence-electron chi connectivity index (χ2n) is 8.27. The zero-order valence-corrected chi connectivity index (χ0v) is 16.7. The van der Waals surface area contributed by atoms with Crippen molar-refractivity contribution < 1.29 is 23.8 Å². The van der Waals surface area contributed by atoms with Gasteiger partial charge in [-0.3, -0.25) is 4.79 Å². The summed E-state index contributed by atoms with van der Waals surface area (Å²) in [5.74, 6) is -0.917. The van der Waals surface area contributed by atoms with E-state index in [9.17, 15) is 9.59 Å². The molecule has 1 aliphatic carbocycles. The highest BCUT2D eigenvalue weighted by Crippen LogP contribution is 2.47. The second kappa shape index (κ2) is 7.63. The summed E-state index contributed by atoms with van der Waals surface area (Å²) in [6.07, 6.45) is 7.78. The number of allylic oxidation sites excluding steroid dienone is 3. The first kappa shape index (κ1) is 19.9. The van der Waals surface area contributed by atoms with Gasteiger partial charge in [-0.15, -0.1) is 0 Å². The van der Waals surface area contributed by atoms with E-state index in [-0.39, 0.29) is 30.1 Å². The molecule has 5 atom stereocenters. The summed E-state index contributed by atoms with van der Waals surface area (Å²) in [7, 11) is 0. The predicted molar refractivity (Wildman–Crippen MR) is 102 cm³/mol. The first-order valence-corrected chi connectivity index (χ1v) is 9.78. The molecular formula is C22H30O5. The van der Waals surface area contributed by atoms with E-state index < -0.39 is 11.7 Å². The van der Waals surface area contributed by atoms with Crippen molar-refractivity contribution in [2.24, 2.45) is 5.92 Å². The number of esters is 2. The highest BCUT2D eigenvalue weighted by Gasteiger charge is 2.60. The minimum atomic E-state index is -0.523. The van der Waals surface area contributed by atoms with Crippen LogP contribution in [0.5, 0.6) is 0 Å². The Bertz CT molecular complexity index is 703. The smallest absolute Gasteiger partial charge is 0.334 e. The molecule has 0 amide bonds. The summed E-state index contributed by atoms with van der Waals surface area (Å²) in [6.45, 7) is 11.5. The summed E-state index contributed by atoms with van der Waals surface area (Å²) in [6, 6.07) is 0. The molecule has 27 heavy (non-hydrogen) atoms. The Kier molecular flexibility index (Phi) is 5.61. The molecule has 3 aliphatic rings. The summed E-state index contributed by atoms with van der Waals surface area (Å²) in [5.41, 5.74) is 2.46. The Hall–Kier alpha value is -1.88. The molecule has 0 unspecified atom stereocenters. The quantitative estimate of drug-likeness (QED) is 0.300.